The number of aromatic nitrogens is 2. The number of anilines is 1. The van der Waals surface area contributed by atoms with E-state index < -0.39 is 5.82 Å². The standard InChI is InChI=1S/C23H24FN3O3/c1-3-4-11-29-18-8-6-16(7-9-18)23-25-22(26-30-23)17-13-21(28)27(14-17)20-10-5-15(2)12-19(20)24/h5-10,12,17H,3-4,11,13-14H2,1-2H3. The molecule has 0 spiro atoms. The summed E-state index contributed by atoms with van der Waals surface area (Å²) in [6, 6.07) is 12.3. The predicted molar refractivity (Wildman–Crippen MR) is 111 cm³/mol. The van der Waals surface area contributed by atoms with Crippen LogP contribution < -0.4 is 9.64 Å². The summed E-state index contributed by atoms with van der Waals surface area (Å²) in [5.74, 6) is 0.840. The van der Waals surface area contributed by atoms with Crippen LogP contribution >= 0.6 is 0 Å². The molecule has 0 saturated carbocycles. The molecule has 3 aromatic rings. The molecule has 0 bridgehead atoms. The van der Waals surface area contributed by atoms with Crippen molar-refractivity contribution in [3.8, 4) is 17.2 Å². The quantitative estimate of drug-likeness (QED) is 0.520. The van der Waals surface area contributed by atoms with Crippen LogP contribution in [0.2, 0.25) is 0 Å². The summed E-state index contributed by atoms with van der Waals surface area (Å²) >= 11 is 0. The molecule has 1 unspecified atom stereocenters. The smallest absolute Gasteiger partial charge is 0.257 e. The minimum Gasteiger partial charge on any atom is -0.494 e. The van der Waals surface area contributed by atoms with Crippen molar-refractivity contribution in [2.75, 3.05) is 18.1 Å². The molecule has 1 atom stereocenters. The number of carbonyl (C=O) groups is 1. The van der Waals surface area contributed by atoms with Gasteiger partial charge in [0.2, 0.25) is 5.91 Å². The van der Waals surface area contributed by atoms with Gasteiger partial charge in [-0.15, -0.1) is 0 Å². The first-order valence-corrected chi connectivity index (χ1v) is 10.2. The van der Waals surface area contributed by atoms with Gasteiger partial charge in [0.25, 0.3) is 5.89 Å². The molecule has 156 valence electrons. The monoisotopic (exact) mass is 409 g/mol. The lowest BCUT2D eigenvalue weighted by atomic mass is 10.1. The van der Waals surface area contributed by atoms with Gasteiger partial charge < -0.3 is 14.2 Å². The summed E-state index contributed by atoms with van der Waals surface area (Å²) < 4.78 is 25.4. The van der Waals surface area contributed by atoms with Gasteiger partial charge >= 0.3 is 0 Å². The van der Waals surface area contributed by atoms with E-state index in [-0.39, 0.29) is 23.9 Å². The van der Waals surface area contributed by atoms with Crippen LogP contribution in [0.25, 0.3) is 11.5 Å². The van der Waals surface area contributed by atoms with Gasteiger partial charge in [-0.25, -0.2) is 4.39 Å². The first-order chi connectivity index (χ1) is 14.5. The van der Waals surface area contributed by atoms with Crippen molar-refractivity contribution < 1.29 is 18.4 Å². The molecule has 1 saturated heterocycles. The number of rotatable bonds is 7. The molecule has 4 rings (SSSR count). The van der Waals surface area contributed by atoms with Crippen molar-refractivity contribution in [3.63, 3.8) is 0 Å². The molecule has 0 N–H and O–H groups in total. The van der Waals surface area contributed by atoms with E-state index in [9.17, 15) is 9.18 Å². The second-order valence-corrected chi connectivity index (χ2v) is 7.54. The van der Waals surface area contributed by atoms with Gasteiger partial charge in [-0.1, -0.05) is 24.6 Å². The van der Waals surface area contributed by atoms with Gasteiger partial charge in [0.1, 0.15) is 11.6 Å². The minimum absolute atomic E-state index is 0.150. The van der Waals surface area contributed by atoms with Crippen LogP contribution in [0.5, 0.6) is 5.75 Å². The molecular formula is C23H24FN3O3. The van der Waals surface area contributed by atoms with E-state index in [1.807, 2.05) is 31.2 Å². The van der Waals surface area contributed by atoms with E-state index in [1.54, 1.807) is 12.1 Å². The van der Waals surface area contributed by atoms with Crippen molar-refractivity contribution in [2.24, 2.45) is 0 Å². The van der Waals surface area contributed by atoms with Gasteiger partial charge in [-0.3, -0.25) is 4.79 Å². The number of hydrogen-bond donors (Lipinski definition) is 0. The number of ether oxygens (including phenoxy) is 1. The number of carbonyl (C=O) groups excluding carboxylic acids is 1. The van der Waals surface area contributed by atoms with Crippen LogP contribution in [0.3, 0.4) is 0 Å². The number of nitrogens with zero attached hydrogens (tertiary/aromatic N) is 3. The number of halogens is 1. The number of benzene rings is 2. The third-order valence-electron chi connectivity index (χ3n) is 5.19. The van der Waals surface area contributed by atoms with Crippen LogP contribution in [0.4, 0.5) is 10.1 Å². The van der Waals surface area contributed by atoms with E-state index in [0.717, 1.165) is 29.7 Å². The lowest BCUT2D eigenvalue weighted by Crippen LogP contribution is -2.25. The topological polar surface area (TPSA) is 68.5 Å². The maximum absolute atomic E-state index is 14.3. The Hall–Kier alpha value is -3.22. The normalized spacial score (nSPS) is 16.3. The first kappa shape index (κ1) is 20.1. The minimum atomic E-state index is -0.404. The molecule has 7 heteroatoms. The summed E-state index contributed by atoms with van der Waals surface area (Å²) in [6.45, 7) is 4.94. The number of unbranched alkanes of at least 4 members (excludes halogenated alkanes) is 1. The van der Waals surface area contributed by atoms with Gasteiger partial charge in [0.05, 0.1) is 12.3 Å². The highest BCUT2D eigenvalue weighted by atomic mass is 19.1. The van der Waals surface area contributed by atoms with Gasteiger partial charge in [0, 0.05) is 24.4 Å². The number of hydrogen-bond acceptors (Lipinski definition) is 5. The maximum atomic E-state index is 14.3. The summed E-state index contributed by atoms with van der Waals surface area (Å²) in [5, 5.41) is 4.07. The van der Waals surface area contributed by atoms with Crippen molar-refractivity contribution in [1.82, 2.24) is 10.1 Å². The highest BCUT2D eigenvalue weighted by Gasteiger charge is 2.35. The van der Waals surface area contributed by atoms with Crippen molar-refractivity contribution in [3.05, 3.63) is 59.7 Å². The Labute approximate surface area is 174 Å². The first-order valence-electron chi connectivity index (χ1n) is 10.2. The average Bonchev–Trinajstić information content (AvgIpc) is 3.36. The Morgan fingerprint density at radius 3 is 2.77 bits per heavy atom. The van der Waals surface area contributed by atoms with Gasteiger partial charge in [-0.05, 0) is 55.3 Å². The summed E-state index contributed by atoms with van der Waals surface area (Å²) in [4.78, 5) is 18.4. The zero-order valence-electron chi connectivity index (χ0n) is 17.1. The molecule has 0 radical (unpaired) electrons. The highest BCUT2D eigenvalue weighted by Crippen LogP contribution is 2.33. The largest absolute Gasteiger partial charge is 0.494 e. The van der Waals surface area contributed by atoms with Crippen molar-refractivity contribution in [1.29, 1.82) is 0 Å². The SMILES string of the molecule is CCCCOc1ccc(-c2nc(C3CC(=O)N(c4ccc(C)cc4F)C3)no2)cc1. The van der Waals surface area contributed by atoms with Crippen molar-refractivity contribution in [2.45, 2.75) is 39.0 Å². The van der Waals surface area contributed by atoms with Gasteiger partial charge in [0.15, 0.2) is 5.82 Å². The Morgan fingerprint density at radius 1 is 1.23 bits per heavy atom. The fourth-order valence-corrected chi connectivity index (χ4v) is 3.49. The molecule has 0 aliphatic carbocycles. The zero-order valence-corrected chi connectivity index (χ0v) is 17.1. The molecule has 2 heterocycles. The summed E-state index contributed by atoms with van der Waals surface area (Å²) in [7, 11) is 0. The molecule has 1 aromatic heterocycles. The van der Waals surface area contributed by atoms with Crippen LogP contribution in [0.15, 0.2) is 47.0 Å². The molecule has 1 aliphatic heterocycles. The van der Waals surface area contributed by atoms with E-state index >= 15 is 0 Å². The fraction of sp³-hybridized carbons (Fsp3) is 0.348. The highest BCUT2D eigenvalue weighted by molar-refractivity contribution is 5.96. The lowest BCUT2D eigenvalue weighted by molar-refractivity contribution is -0.117. The third kappa shape index (κ3) is 4.20. The second kappa shape index (κ2) is 8.65. The molecule has 1 fully saturated rings. The van der Waals surface area contributed by atoms with Gasteiger partial charge in [-0.2, -0.15) is 4.98 Å². The molecule has 30 heavy (non-hydrogen) atoms. The number of amides is 1. The lowest BCUT2D eigenvalue weighted by Gasteiger charge is -2.17. The predicted octanol–water partition coefficient (Wildman–Crippen LogP) is 4.88. The van der Waals surface area contributed by atoms with Crippen LogP contribution in [-0.4, -0.2) is 29.2 Å². The summed E-state index contributed by atoms with van der Waals surface area (Å²) in [5.41, 5.74) is 1.88. The molecule has 6 nitrogen and oxygen atoms in total. The van der Waals surface area contributed by atoms with E-state index in [1.165, 1.54) is 11.0 Å². The molecular weight excluding hydrogens is 385 g/mol. The van der Waals surface area contributed by atoms with E-state index in [2.05, 4.69) is 17.1 Å². The second-order valence-electron chi connectivity index (χ2n) is 7.54. The third-order valence-corrected chi connectivity index (χ3v) is 5.19. The molecule has 2 aromatic carbocycles. The maximum Gasteiger partial charge on any atom is 0.257 e. The zero-order chi connectivity index (χ0) is 21.1. The molecule has 1 amide bonds. The Morgan fingerprint density at radius 2 is 2.03 bits per heavy atom. The number of aryl methyl sites for hydroxylation is 1. The Bertz CT molecular complexity index is 1030. The Kier molecular flexibility index (Phi) is 5.79. The Balaban J connectivity index is 1.46. The fourth-order valence-electron chi connectivity index (χ4n) is 3.49. The van der Waals surface area contributed by atoms with Crippen molar-refractivity contribution >= 4 is 11.6 Å². The summed E-state index contributed by atoms with van der Waals surface area (Å²) in [6.07, 6.45) is 2.31. The van der Waals surface area contributed by atoms with E-state index in [4.69, 9.17) is 9.26 Å². The van der Waals surface area contributed by atoms with Crippen LogP contribution in [0, 0.1) is 12.7 Å². The van der Waals surface area contributed by atoms with E-state index in [0.29, 0.717) is 24.9 Å². The van der Waals surface area contributed by atoms with Crippen LogP contribution in [-0.2, 0) is 4.79 Å². The average molecular weight is 409 g/mol. The molecule has 1 aliphatic rings. The van der Waals surface area contributed by atoms with Crippen LogP contribution in [0.1, 0.15) is 43.5 Å².